The molecule has 172 valence electrons. The smallest absolute Gasteiger partial charge is 0.255 e. The second-order valence-corrected chi connectivity index (χ2v) is 7.63. The van der Waals surface area contributed by atoms with Crippen LogP contribution in [0, 0.1) is 5.82 Å². The summed E-state index contributed by atoms with van der Waals surface area (Å²) in [5.41, 5.74) is 12.7. The summed E-state index contributed by atoms with van der Waals surface area (Å²) >= 11 is 0. The third-order valence-electron chi connectivity index (χ3n) is 5.54. The Morgan fingerprint density at radius 3 is 2.76 bits per heavy atom. The molecule has 4 rings (SSSR count). The fourth-order valence-electron chi connectivity index (χ4n) is 3.84. The van der Waals surface area contributed by atoms with Crippen LogP contribution in [0.5, 0.6) is 5.75 Å². The maximum absolute atomic E-state index is 15.1. The molecule has 1 atom stereocenters. The second kappa shape index (κ2) is 9.29. The van der Waals surface area contributed by atoms with Crippen LogP contribution in [0.1, 0.15) is 38.7 Å². The molecule has 3 aromatic rings. The second-order valence-electron chi connectivity index (χ2n) is 7.63. The number of amides is 2. The normalized spacial score (nSPS) is 15.4. The van der Waals surface area contributed by atoms with Gasteiger partial charge in [0, 0.05) is 18.7 Å². The monoisotopic (exact) mass is 453 g/mol. The van der Waals surface area contributed by atoms with Gasteiger partial charge in [0.25, 0.3) is 11.8 Å². The molecule has 33 heavy (non-hydrogen) atoms. The van der Waals surface area contributed by atoms with Gasteiger partial charge in [-0.15, -0.1) is 0 Å². The number of nitrogen functional groups attached to an aromatic ring is 1. The molecule has 1 unspecified atom stereocenters. The number of aromatic nitrogens is 2. The number of primary amides is 1. The fraction of sp³-hybridized carbons (Fsp3) is 0.261. The van der Waals surface area contributed by atoms with Gasteiger partial charge in [-0.1, -0.05) is 18.2 Å². The van der Waals surface area contributed by atoms with Crippen LogP contribution in [0.3, 0.4) is 0 Å². The first-order valence-corrected chi connectivity index (χ1v) is 10.4. The lowest BCUT2D eigenvalue weighted by molar-refractivity contribution is 0.0946. The number of hydrogen-bond acceptors (Lipinski definition) is 6. The molecule has 0 bridgehead atoms. The van der Waals surface area contributed by atoms with Crippen molar-refractivity contribution in [3.63, 3.8) is 0 Å². The summed E-state index contributed by atoms with van der Waals surface area (Å²) in [7, 11) is 1.48. The van der Waals surface area contributed by atoms with Crippen molar-refractivity contribution in [2.24, 2.45) is 5.73 Å². The molecule has 1 saturated heterocycles. The van der Waals surface area contributed by atoms with Crippen LogP contribution in [-0.2, 0) is 11.3 Å². The number of nitrogens with two attached hydrogens (primary N) is 2. The Morgan fingerprint density at radius 2 is 2.09 bits per heavy atom. The van der Waals surface area contributed by atoms with Gasteiger partial charge in [-0.2, -0.15) is 5.10 Å². The van der Waals surface area contributed by atoms with E-state index in [1.54, 1.807) is 30.3 Å². The number of carbonyl (C=O) groups is 2. The topological polar surface area (TPSA) is 134 Å². The Bertz CT molecular complexity index is 1200. The molecule has 1 aliphatic rings. The van der Waals surface area contributed by atoms with Gasteiger partial charge in [0.2, 0.25) is 0 Å². The van der Waals surface area contributed by atoms with Crippen LogP contribution in [-0.4, -0.2) is 41.9 Å². The standard InChI is InChI=1S/C23H24FN5O4/c1-32-18-5-3-2-4-16(18)23(31)27-11-13-6-7-15(17(24)10-13)20-19(22(26)30)21(25)29(28-20)14-8-9-33-12-14/h2-7,10,14H,8-9,11-12,25H2,1H3,(H2,26,30)(H,27,31). The molecule has 5 N–H and O–H groups in total. The summed E-state index contributed by atoms with van der Waals surface area (Å²) in [6, 6.07) is 11.1. The summed E-state index contributed by atoms with van der Waals surface area (Å²) in [6.07, 6.45) is 0.677. The molecule has 10 heteroatoms. The van der Waals surface area contributed by atoms with Crippen molar-refractivity contribution in [2.75, 3.05) is 26.1 Å². The first-order chi connectivity index (χ1) is 15.9. The van der Waals surface area contributed by atoms with E-state index < -0.39 is 11.7 Å². The Kier molecular flexibility index (Phi) is 6.27. The number of hydrogen-bond donors (Lipinski definition) is 3. The molecule has 1 aromatic heterocycles. The predicted octanol–water partition coefficient (Wildman–Crippen LogP) is 2.27. The number of benzene rings is 2. The summed E-state index contributed by atoms with van der Waals surface area (Å²) in [5.74, 6) is -1.23. The first-order valence-electron chi connectivity index (χ1n) is 10.4. The highest BCUT2D eigenvalue weighted by atomic mass is 19.1. The molecule has 0 spiro atoms. The number of carbonyl (C=O) groups excluding carboxylic acids is 2. The maximum atomic E-state index is 15.1. The minimum Gasteiger partial charge on any atom is -0.496 e. The Hall–Kier alpha value is -3.92. The molecule has 2 heterocycles. The first kappa shape index (κ1) is 22.3. The lowest BCUT2D eigenvalue weighted by Gasteiger charge is -2.10. The molecule has 1 aliphatic heterocycles. The van der Waals surface area contributed by atoms with E-state index in [2.05, 4.69) is 10.4 Å². The van der Waals surface area contributed by atoms with Crippen LogP contribution < -0.4 is 21.5 Å². The van der Waals surface area contributed by atoms with E-state index in [1.165, 1.54) is 23.9 Å². The zero-order valence-corrected chi connectivity index (χ0v) is 18.0. The number of rotatable bonds is 7. The van der Waals surface area contributed by atoms with E-state index in [9.17, 15) is 9.59 Å². The van der Waals surface area contributed by atoms with Crippen molar-refractivity contribution in [3.8, 4) is 17.0 Å². The molecule has 2 amide bonds. The van der Waals surface area contributed by atoms with Crippen LogP contribution in [0.4, 0.5) is 10.2 Å². The SMILES string of the molecule is COc1ccccc1C(=O)NCc1ccc(-c2nn(C3CCOC3)c(N)c2C(N)=O)c(F)c1. The van der Waals surface area contributed by atoms with E-state index in [4.69, 9.17) is 20.9 Å². The summed E-state index contributed by atoms with van der Waals surface area (Å²) in [6.45, 7) is 1.04. The minimum absolute atomic E-state index is 0.0296. The van der Waals surface area contributed by atoms with Crippen LogP contribution in [0.25, 0.3) is 11.3 Å². The number of halogens is 1. The number of nitrogens with one attached hydrogen (secondary N) is 1. The number of nitrogens with zero attached hydrogens (tertiary/aromatic N) is 2. The van der Waals surface area contributed by atoms with Gasteiger partial charge in [0.1, 0.15) is 28.6 Å². The zero-order valence-electron chi connectivity index (χ0n) is 18.0. The van der Waals surface area contributed by atoms with Gasteiger partial charge in [-0.25, -0.2) is 9.07 Å². The lowest BCUT2D eigenvalue weighted by atomic mass is 10.0. The third kappa shape index (κ3) is 4.37. The van der Waals surface area contributed by atoms with E-state index in [0.29, 0.717) is 36.5 Å². The number of para-hydroxylation sites is 1. The van der Waals surface area contributed by atoms with Crippen molar-refractivity contribution < 1.29 is 23.5 Å². The summed E-state index contributed by atoms with van der Waals surface area (Å²) in [5, 5.41) is 7.14. The van der Waals surface area contributed by atoms with Crippen molar-refractivity contribution in [2.45, 2.75) is 19.0 Å². The van der Waals surface area contributed by atoms with Gasteiger partial charge in [0.15, 0.2) is 0 Å². The van der Waals surface area contributed by atoms with Crippen LogP contribution >= 0.6 is 0 Å². The largest absolute Gasteiger partial charge is 0.496 e. The maximum Gasteiger partial charge on any atom is 0.255 e. The van der Waals surface area contributed by atoms with Crippen LogP contribution in [0.15, 0.2) is 42.5 Å². The molecular weight excluding hydrogens is 429 g/mol. The highest BCUT2D eigenvalue weighted by Crippen LogP contribution is 2.33. The van der Waals surface area contributed by atoms with Crippen molar-refractivity contribution in [1.82, 2.24) is 15.1 Å². The molecule has 0 aliphatic carbocycles. The van der Waals surface area contributed by atoms with E-state index >= 15 is 4.39 Å². The summed E-state index contributed by atoms with van der Waals surface area (Å²) in [4.78, 5) is 24.5. The highest BCUT2D eigenvalue weighted by Gasteiger charge is 2.28. The highest BCUT2D eigenvalue weighted by molar-refractivity contribution is 6.03. The molecule has 0 radical (unpaired) electrons. The van der Waals surface area contributed by atoms with Crippen molar-refractivity contribution >= 4 is 17.6 Å². The molecular formula is C23H24FN5O4. The average molecular weight is 453 g/mol. The zero-order chi connectivity index (χ0) is 23.5. The number of methoxy groups -OCH3 is 1. The summed E-state index contributed by atoms with van der Waals surface area (Å²) < 4.78 is 27.1. The predicted molar refractivity (Wildman–Crippen MR) is 119 cm³/mol. The van der Waals surface area contributed by atoms with E-state index in [0.717, 1.165) is 0 Å². The Labute approximate surface area is 189 Å². The van der Waals surface area contributed by atoms with E-state index in [1.807, 2.05) is 0 Å². The van der Waals surface area contributed by atoms with Gasteiger partial charge in [-0.05, 0) is 36.2 Å². The van der Waals surface area contributed by atoms with Crippen molar-refractivity contribution in [1.29, 1.82) is 0 Å². The number of ether oxygens (including phenoxy) is 2. The average Bonchev–Trinajstić information content (AvgIpc) is 3.45. The molecule has 0 saturated carbocycles. The quantitative estimate of drug-likeness (QED) is 0.502. The van der Waals surface area contributed by atoms with Gasteiger partial charge < -0.3 is 26.3 Å². The molecule has 2 aromatic carbocycles. The van der Waals surface area contributed by atoms with Crippen molar-refractivity contribution in [3.05, 3.63) is 65.0 Å². The minimum atomic E-state index is -0.791. The Balaban J connectivity index is 1.57. The van der Waals surface area contributed by atoms with Crippen LogP contribution in [0.2, 0.25) is 0 Å². The van der Waals surface area contributed by atoms with Gasteiger partial charge in [0.05, 0.1) is 25.3 Å². The molecule has 1 fully saturated rings. The molecule has 9 nitrogen and oxygen atoms in total. The lowest BCUT2D eigenvalue weighted by Crippen LogP contribution is -2.23. The third-order valence-corrected chi connectivity index (χ3v) is 5.54. The number of anilines is 1. The Morgan fingerprint density at radius 1 is 1.30 bits per heavy atom. The van der Waals surface area contributed by atoms with Gasteiger partial charge in [-0.3, -0.25) is 9.59 Å². The van der Waals surface area contributed by atoms with E-state index in [-0.39, 0.29) is 41.1 Å². The fourth-order valence-corrected chi connectivity index (χ4v) is 3.84. The van der Waals surface area contributed by atoms with Gasteiger partial charge >= 0.3 is 0 Å².